The molecular formula is C18H22N8. The van der Waals surface area contributed by atoms with Crippen molar-refractivity contribution in [2.75, 3.05) is 18.4 Å². The Morgan fingerprint density at radius 3 is 3.00 bits per heavy atom. The minimum atomic E-state index is 0.603. The van der Waals surface area contributed by atoms with E-state index in [0.717, 1.165) is 37.6 Å². The molecule has 8 heteroatoms. The Bertz CT molecular complexity index is 805. The summed E-state index contributed by atoms with van der Waals surface area (Å²) in [6, 6.07) is 4.04. The summed E-state index contributed by atoms with van der Waals surface area (Å²) in [6.45, 7) is 3.15. The third kappa shape index (κ3) is 4.40. The van der Waals surface area contributed by atoms with Gasteiger partial charge < -0.3 is 5.32 Å². The molecule has 4 rings (SSSR count). The smallest absolute Gasteiger partial charge is 0.150 e. The first-order chi connectivity index (χ1) is 12.8. The fourth-order valence-corrected chi connectivity index (χ4v) is 3.44. The van der Waals surface area contributed by atoms with E-state index in [9.17, 15) is 0 Å². The van der Waals surface area contributed by atoms with E-state index < -0.39 is 0 Å². The first-order valence-corrected chi connectivity index (χ1v) is 8.90. The molecule has 1 saturated heterocycles. The molecule has 0 saturated carbocycles. The Balaban J connectivity index is 1.36. The molecule has 1 aliphatic heterocycles. The second kappa shape index (κ2) is 8.01. The number of nitrogens with zero attached hydrogens (tertiary/aromatic N) is 6. The third-order valence-electron chi connectivity index (χ3n) is 4.60. The Hall–Kier alpha value is -2.87. The minimum absolute atomic E-state index is 0.603. The molecule has 3 aromatic heterocycles. The van der Waals surface area contributed by atoms with E-state index in [0.29, 0.717) is 11.7 Å². The standard InChI is InChI=1S/C18H22N8/c1-2-14(11-26(7-1)12-15-3-4-23-25-15)8-16-9-17(22-13-21-16)24-18-10-19-5-6-20-18/h3-6,9-10,13-14H,1-2,7-8,11-12H2,(H,23,25)(H,20,21,22,24). The van der Waals surface area contributed by atoms with Crippen LogP contribution >= 0.6 is 0 Å². The highest BCUT2D eigenvalue weighted by molar-refractivity contribution is 5.49. The molecule has 26 heavy (non-hydrogen) atoms. The molecule has 2 N–H and O–H groups in total. The maximum atomic E-state index is 4.45. The summed E-state index contributed by atoms with van der Waals surface area (Å²) in [7, 11) is 0. The van der Waals surface area contributed by atoms with Gasteiger partial charge in [0, 0.05) is 49.1 Å². The van der Waals surface area contributed by atoms with Crippen LogP contribution in [0.3, 0.4) is 0 Å². The summed E-state index contributed by atoms with van der Waals surface area (Å²) in [5, 5.41) is 10.3. The van der Waals surface area contributed by atoms with Crippen LogP contribution in [0.4, 0.5) is 11.6 Å². The van der Waals surface area contributed by atoms with E-state index in [1.165, 1.54) is 18.5 Å². The number of aromatic amines is 1. The van der Waals surface area contributed by atoms with Crippen molar-refractivity contribution in [3.8, 4) is 0 Å². The maximum Gasteiger partial charge on any atom is 0.150 e. The lowest BCUT2D eigenvalue weighted by atomic mass is 9.93. The number of likely N-dealkylation sites (tertiary alicyclic amines) is 1. The summed E-state index contributed by atoms with van der Waals surface area (Å²) >= 11 is 0. The van der Waals surface area contributed by atoms with Crippen molar-refractivity contribution in [1.29, 1.82) is 0 Å². The first kappa shape index (κ1) is 16.6. The average Bonchev–Trinajstić information content (AvgIpc) is 3.16. The Labute approximate surface area is 152 Å². The molecule has 1 unspecified atom stereocenters. The highest BCUT2D eigenvalue weighted by Crippen LogP contribution is 2.22. The van der Waals surface area contributed by atoms with Gasteiger partial charge >= 0.3 is 0 Å². The Morgan fingerprint density at radius 1 is 1.15 bits per heavy atom. The zero-order chi connectivity index (χ0) is 17.6. The van der Waals surface area contributed by atoms with Crippen LogP contribution in [-0.2, 0) is 13.0 Å². The first-order valence-electron chi connectivity index (χ1n) is 8.90. The topological polar surface area (TPSA) is 95.5 Å². The van der Waals surface area contributed by atoms with Gasteiger partial charge in [0.1, 0.15) is 18.0 Å². The molecule has 1 fully saturated rings. The van der Waals surface area contributed by atoms with E-state index in [1.807, 2.05) is 18.3 Å². The van der Waals surface area contributed by atoms with Crippen LogP contribution in [0.1, 0.15) is 24.2 Å². The quantitative estimate of drug-likeness (QED) is 0.703. The van der Waals surface area contributed by atoms with Crippen LogP contribution in [0, 0.1) is 5.92 Å². The Kier molecular flexibility index (Phi) is 5.11. The molecule has 8 nitrogen and oxygen atoms in total. The molecular weight excluding hydrogens is 328 g/mol. The number of H-pyrrole nitrogens is 1. The minimum Gasteiger partial charge on any atom is -0.324 e. The van der Waals surface area contributed by atoms with E-state index in [-0.39, 0.29) is 0 Å². The second-order valence-corrected chi connectivity index (χ2v) is 6.64. The third-order valence-corrected chi connectivity index (χ3v) is 4.60. The average molecular weight is 350 g/mol. The molecule has 4 heterocycles. The fourth-order valence-electron chi connectivity index (χ4n) is 3.44. The number of anilines is 2. The van der Waals surface area contributed by atoms with Gasteiger partial charge in [0.05, 0.1) is 6.20 Å². The number of hydrogen-bond acceptors (Lipinski definition) is 7. The van der Waals surface area contributed by atoms with Crippen LogP contribution in [0.25, 0.3) is 0 Å². The number of nitrogens with one attached hydrogen (secondary N) is 2. The highest BCUT2D eigenvalue weighted by Gasteiger charge is 2.21. The van der Waals surface area contributed by atoms with Crippen molar-refractivity contribution >= 4 is 11.6 Å². The van der Waals surface area contributed by atoms with Crippen molar-refractivity contribution in [2.24, 2.45) is 5.92 Å². The molecule has 3 aromatic rings. The van der Waals surface area contributed by atoms with E-state index in [1.54, 1.807) is 24.9 Å². The van der Waals surface area contributed by atoms with Crippen LogP contribution in [0.2, 0.25) is 0 Å². The number of piperidine rings is 1. The van der Waals surface area contributed by atoms with Gasteiger partial charge in [-0.2, -0.15) is 5.10 Å². The molecule has 0 amide bonds. The molecule has 1 aliphatic rings. The molecule has 0 aromatic carbocycles. The van der Waals surface area contributed by atoms with Crippen molar-refractivity contribution in [3.05, 3.63) is 54.6 Å². The van der Waals surface area contributed by atoms with E-state index in [4.69, 9.17) is 0 Å². The predicted octanol–water partition coefficient (Wildman–Crippen LogP) is 2.19. The van der Waals surface area contributed by atoms with Gasteiger partial charge in [-0.05, 0) is 37.8 Å². The lowest BCUT2D eigenvalue weighted by Gasteiger charge is -2.32. The summed E-state index contributed by atoms with van der Waals surface area (Å²) in [4.78, 5) is 19.5. The molecule has 0 aliphatic carbocycles. The van der Waals surface area contributed by atoms with Crippen LogP contribution < -0.4 is 5.32 Å². The summed E-state index contributed by atoms with van der Waals surface area (Å²) in [5.41, 5.74) is 2.22. The van der Waals surface area contributed by atoms with Gasteiger partial charge in [-0.3, -0.25) is 15.0 Å². The highest BCUT2D eigenvalue weighted by atomic mass is 15.2. The Morgan fingerprint density at radius 2 is 2.15 bits per heavy atom. The van der Waals surface area contributed by atoms with Crippen LogP contribution in [0.5, 0.6) is 0 Å². The predicted molar refractivity (Wildman–Crippen MR) is 97.6 cm³/mol. The van der Waals surface area contributed by atoms with Gasteiger partial charge in [0.2, 0.25) is 0 Å². The van der Waals surface area contributed by atoms with Crippen molar-refractivity contribution in [1.82, 2.24) is 35.0 Å². The van der Waals surface area contributed by atoms with Gasteiger partial charge in [0.25, 0.3) is 0 Å². The maximum absolute atomic E-state index is 4.45. The van der Waals surface area contributed by atoms with Gasteiger partial charge in [0.15, 0.2) is 0 Å². The van der Waals surface area contributed by atoms with Crippen LogP contribution in [0.15, 0.2) is 43.2 Å². The second-order valence-electron chi connectivity index (χ2n) is 6.64. The number of rotatable bonds is 6. The molecule has 1 atom stereocenters. The molecule has 134 valence electrons. The molecule has 0 bridgehead atoms. The van der Waals surface area contributed by atoms with Crippen molar-refractivity contribution < 1.29 is 0 Å². The largest absolute Gasteiger partial charge is 0.324 e. The van der Waals surface area contributed by atoms with Gasteiger partial charge in [-0.15, -0.1) is 0 Å². The SMILES string of the molecule is c1cnc(Nc2cc(CC3CCCN(Cc4ccn[nH]4)C3)ncn2)cn1. The summed E-state index contributed by atoms with van der Waals surface area (Å²) in [5.74, 6) is 2.03. The van der Waals surface area contributed by atoms with E-state index in [2.05, 4.69) is 40.3 Å². The van der Waals surface area contributed by atoms with Crippen molar-refractivity contribution in [2.45, 2.75) is 25.8 Å². The summed E-state index contributed by atoms with van der Waals surface area (Å²) in [6.07, 6.45) is 11.8. The molecule has 0 spiro atoms. The number of aromatic nitrogens is 6. The van der Waals surface area contributed by atoms with Crippen LogP contribution in [-0.4, -0.2) is 48.1 Å². The lowest BCUT2D eigenvalue weighted by Crippen LogP contribution is -2.35. The zero-order valence-electron chi connectivity index (χ0n) is 14.5. The van der Waals surface area contributed by atoms with Crippen molar-refractivity contribution in [3.63, 3.8) is 0 Å². The molecule has 0 radical (unpaired) electrons. The fraction of sp³-hybridized carbons (Fsp3) is 0.389. The van der Waals surface area contributed by atoms with Gasteiger partial charge in [-0.25, -0.2) is 15.0 Å². The zero-order valence-corrected chi connectivity index (χ0v) is 14.5. The van der Waals surface area contributed by atoms with E-state index >= 15 is 0 Å². The normalized spacial score (nSPS) is 17.9. The lowest BCUT2D eigenvalue weighted by molar-refractivity contribution is 0.164. The van der Waals surface area contributed by atoms with Gasteiger partial charge in [-0.1, -0.05) is 0 Å². The monoisotopic (exact) mass is 350 g/mol. The number of hydrogen-bond donors (Lipinski definition) is 2. The summed E-state index contributed by atoms with van der Waals surface area (Å²) < 4.78 is 0.